The molecule has 4 nitrogen and oxygen atoms in total. The van der Waals surface area contributed by atoms with Gasteiger partial charge >= 0.3 is 6.09 Å². The van der Waals surface area contributed by atoms with Crippen molar-refractivity contribution in [2.24, 2.45) is 5.73 Å². The molecule has 1 aliphatic rings. The van der Waals surface area contributed by atoms with Crippen molar-refractivity contribution < 1.29 is 18.3 Å². The third-order valence-electron chi connectivity index (χ3n) is 3.60. The first-order valence-corrected chi connectivity index (χ1v) is 7.18. The van der Waals surface area contributed by atoms with Gasteiger partial charge in [0.15, 0.2) is 0 Å². The van der Waals surface area contributed by atoms with E-state index in [0.29, 0.717) is 11.3 Å². The van der Waals surface area contributed by atoms with Crippen LogP contribution in [0.15, 0.2) is 18.2 Å². The number of benzene rings is 1. The van der Waals surface area contributed by atoms with Gasteiger partial charge in [0, 0.05) is 18.5 Å². The van der Waals surface area contributed by atoms with Crippen molar-refractivity contribution in [3.8, 4) is 0 Å². The number of halogens is 2. The van der Waals surface area contributed by atoms with E-state index in [0.717, 1.165) is 5.56 Å². The fourth-order valence-electron chi connectivity index (χ4n) is 2.56. The van der Waals surface area contributed by atoms with Gasteiger partial charge in [-0.2, -0.15) is 0 Å². The van der Waals surface area contributed by atoms with Crippen LogP contribution in [0.3, 0.4) is 0 Å². The summed E-state index contributed by atoms with van der Waals surface area (Å²) in [6.45, 7) is 7.11. The van der Waals surface area contributed by atoms with Gasteiger partial charge in [-0.3, -0.25) is 5.32 Å². The molecular formula is C16H22F2N2O2. The molecule has 0 heterocycles. The van der Waals surface area contributed by atoms with Gasteiger partial charge in [0.1, 0.15) is 5.60 Å². The van der Waals surface area contributed by atoms with Crippen molar-refractivity contribution in [2.45, 2.75) is 57.6 Å². The van der Waals surface area contributed by atoms with Crippen LogP contribution in [0, 0.1) is 6.92 Å². The van der Waals surface area contributed by atoms with Crippen LogP contribution in [0.4, 0.5) is 19.3 Å². The molecule has 0 bridgehead atoms. The molecule has 0 radical (unpaired) electrons. The van der Waals surface area contributed by atoms with Crippen LogP contribution < -0.4 is 11.1 Å². The van der Waals surface area contributed by atoms with Crippen LogP contribution in [0.2, 0.25) is 0 Å². The van der Waals surface area contributed by atoms with Crippen molar-refractivity contribution in [3.05, 3.63) is 29.3 Å². The molecule has 1 saturated carbocycles. The van der Waals surface area contributed by atoms with Crippen molar-refractivity contribution in [1.29, 1.82) is 0 Å². The summed E-state index contributed by atoms with van der Waals surface area (Å²) in [5.74, 6) is -2.71. The van der Waals surface area contributed by atoms with Crippen molar-refractivity contribution in [1.82, 2.24) is 0 Å². The summed E-state index contributed by atoms with van der Waals surface area (Å²) in [4.78, 5) is 11.8. The first kappa shape index (κ1) is 16.7. The van der Waals surface area contributed by atoms with Crippen molar-refractivity contribution in [2.75, 3.05) is 5.32 Å². The number of carbonyl (C=O) groups excluding carboxylic acids is 1. The molecule has 0 spiro atoms. The molecule has 1 aromatic rings. The summed E-state index contributed by atoms with van der Waals surface area (Å²) in [6.07, 6.45) is -1.35. The zero-order chi connectivity index (χ0) is 16.8. The number of hydrogen-bond donors (Lipinski definition) is 2. The Bertz CT molecular complexity index is 586. The number of hydrogen-bond acceptors (Lipinski definition) is 3. The number of nitrogens with two attached hydrogens (primary N) is 1. The molecule has 122 valence electrons. The quantitative estimate of drug-likeness (QED) is 0.870. The standard InChI is InChI=1S/C16H22F2N2O2/c1-10-5-6-11(15(19)8-16(17,18)9-15)7-12(10)20-13(21)22-14(2,3)4/h5-7H,8-9,19H2,1-4H3,(H,20,21). The van der Waals surface area contributed by atoms with Gasteiger partial charge in [0.2, 0.25) is 0 Å². The molecule has 0 atom stereocenters. The molecule has 0 aliphatic heterocycles. The average Bonchev–Trinajstić information content (AvgIpc) is 2.26. The van der Waals surface area contributed by atoms with E-state index >= 15 is 0 Å². The van der Waals surface area contributed by atoms with Gasteiger partial charge in [-0.25, -0.2) is 13.6 Å². The summed E-state index contributed by atoms with van der Waals surface area (Å²) in [5.41, 5.74) is 6.30. The number of ether oxygens (including phenoxy) is 1. The number of aryl methyl sites for hydroxylation is 1. The maximum Gasteiger partial charge on any atom is 0.412 e. The smallest absolute Gasteiger partial charge is 0.412 e. The third-order valence-corrected chi connectivity index (χ3v) is 3.60. The highest BCUT2D eigenvalue weighted by Crippen LogP contribution is 2.50. The average molecular weight is 312 g/mol. The van der Waals surface area contributed by atoms with Crippen LogP contribution in [0.25, 0.3) is 0 Å². The van der Waals surface area contributed by atoms with E-state index in [4.69, 9.17) is 10.5 Å². The highest BCUT2D eigenvalue weighted by Gasteiger charge is 2.55. The zero-order valence-electron chi connectivity index (χ0n) is 13.3. The highest BCUT2D eigenvalue weighted by molar-refractivity contribution is 5.86. The Morgan fingerprint density at radius 2 is 1.91 bits per heavy atom. The second-order valence-corrected chi connectivity index (χ2v) is 7.02. The summed E-state index contributed by atoms with van der Waals surface area (Å²) in [5, 5.41) is 2.64. The Kier molecular flexibility index (Phi) is 3.94. The molecule has 0 saturated heterocycles. The molecule has 1 aromatic carbocycles. The van der Waals surface area contributed by atoms with E-state index in [1.807, 2.05) is 6.92 Å². The molecule has 1 aliphatic carbocycles. The second kappa shape index (κ2) is 5.19. The Morgan fingerprint density at radius 3 is 2.41 bits per heavy atom. The van der Waals surface area contributed by atoms with E-state index in [9.17, 15) is 13.6 Å². The largest absolute Gasteiger partial charge is 0.444 e. The summed E-state index contributed by atoms with van der Waals surface area (Å²) in [6, 6.07) is 5.13. The first-order chi connectivity index (χ1) is 9.90. The number of carbonyl (C=O) groups is 1. The predicted molar refractivity (Wildman–Crippen MR) is 81.1 cm³/mol. The van der Waals surface area contributed by atoms with Crippen LogP contribution in [0.1, 0.15) is 44.7 Å². The molecule has 0 aromatic heterocycles. The maximum absolute atomic E-state index is 13.1. The Hall–Kier alpha value is -1.69. The Balaban J connectivity index is 2.16. The molecule has 2 rings (SSSR count). The van der Waals surface area contributed by atoms with E-state index in [2.05, 4.69) is 5.32 Å². The molecule has 0 unspecified atom stereocenters. The predicted octanol–water partition coefficient (Wildman–Crippen LogP) is 3.93. The lowest BCUT2D eigenvalue weighted by atomic mass is 9.69. The van der Waals surface area contributed by atoms with Gasteiger partial charge in [0.25, 0.3) is 5.92 Å². The second-order valence-electron chi connectivity index (χ2n) is 7.02. The number of alkyl halides is 2. The van der Waals surface area contributed by atoms with Gasteiger partial charge in [-0.15, -0.1) is 0 Å². The minimum Gasteiger partial charge on any atom is -0.444 e. The molecule has 22 heavy (non-hydrogen) atoms. The van der Waals surface area contributed by atoms with Crippen LogP contribution in [-0.2, 0) is 10.3 Å². The zero-order valence-corrected chi connectivity index (χ0v) is 13.3. The molecule has 1 amide bonds. The summed E-state index contributed by atoms with van der Waals surface area (Å²) < 4.78 is 31.4. The minimum absolute atomic E-state index is 0.380. The Labute approximate surface area is 129 Å². The Morgan fingerprint density at radius 1 is 1.32 bits per heavy atom. The molecule has 3 N–H and O–H groups in total. The fourth-order valence-corrected chi connectivity index (χ4v) is 2.56. The lowest BCUT2D eigenvalue weighted by Crippen LogP contribution is -2.55. The van der Waals surface area contributed by atoms with Crippen molar-refractivity contribution >= 4 is 11.8 Å². The number of anilines is 1. The summed E-state index contributed by atoms with van der Waals surface area (Å²) in [7, 11) is 0. The van der Waals surface area contributed by atoms with Crippen LogP contribution in [-0.4, -0.2) is 17.6 Å². The maximum atomic E-state index is 13.1. The topological polar surface area (TPSA) is 64.3 Å². The van der Waals surface area contributed by atoms with Gasteiger partial charge < -0.3 is 10.5 Å². The number of rotatable bonds is 2. The summed E-state index contributed by atoms with van der Waals surface area (Å²) >= 11 is 0. The van der Waals surface area contributed by atoms with Gasteiger partial charge in [-0.05, 0) is 44.9 Å². The van der Waals surface area contributed by atoms with E-state index in [1.54, 1.807) is 39.0 Å². The lowest BCUT2D eigenvalue weighted by molar-refractivity contribution is -0.125. The third kappa shape index (κ3) is 3.74. The van der Waals surface area contributed by atoms with Crippen LogP contribution in [0.5, 0.6) is 0 Å². The lowest BCUT2D eigenvalue weighted by Gasteiger charge is -2.45. The number of nitrogens with one attached hydrogen (secondary N) is 1. The molecule has 6 heteroatoms. The van der Waals surface area contributed by atoms with E-state index in [-0.39, 0.29) is 12.8 Å². The molecule has 1 fully saturated rings. The number of amides is 1. The SMILES string of the molecule is Cc1ccc(C2(N)CC(F)(F)C2)cc1NC(=O)OC(C)(C)C. The monoisotopic (exact) mass is 312 g/mol. The van der Waals surface area contributed by atoms with E-state index < -0.39 is 23.2 Å². The van der Waals surface area contributed by atoms with Gasteiger partial charge in [0.05, 0.1) is 5.54 Å². The highest BCUT2D eigenvalue weighted by atomic mass is 19.3. The first-order valence-electron chi connectivity index (χ1n) is 7.18. The van der Waals surface area contributed by atoms with Gasteiger partial charge in [-0.1, -0.05) is 12.1 Å². The molecular weight excluding hydrogens is 290 g/mol. The fraction of sp³-hybridized carbons (Fsp3) is 0.562. The van der Waals surface area contributed by atoms with Crippen LogP contribution >= 0.6 is 0 Å². The van der Waals surface area contributed by atoms with E-state index in [1.165, 1.54) is 0 Å². The van der Waals surface area contributed by atoms with Crippen molar-refractivity contribution in [3.63, 3.8) is 0 Å². The normalized spacial score (nSPS) is 19.2. The minimum atomic E-state index is -2.71.